The van der Waals surface area contributed by atoms with E-state index in [1.54, 1.807) is 12.1 Å². The number of benzene rings is 1. The lowest BCUT2D eigenvalue weighted by Gasteiger charge is -2.27. The van der Waals surface area contributed by atoms with Crippen LogP contribution in [0, 0.1) is 5.82 Å². The average Bonchev–Trinajstić information content (AvgIpc) is 2.54. The molecule has 130 valence electrons. The van der Waals surface area contributed by atoms with Crippen LogP contribution in [0.4, 0.5) is 4.39 Å². The zero-order valence-electron chi connectivity index (χ0n) is 13.2. The van der Waals surface area contributed by atoms with Crippen molar-refractivity contribution in [3.63, 3.8) is 0 Å². The maximum absolute atomic E-state index is 12.7. The van der Waals surface area contributed by atoms with Crippen molar-refractivity contribution >= 4 is 18.3 Å². The van der Waals surface area contributed by atoms with Crippen molar-refractivity contribution < 1.29 is 13.9 Å². The number of hydrogen-bond acceptors (Lipinski definition) is 4. The van der Waals surface area contributed by atoms with E-state index in [0.29, 0.717) is 31.7 Å². The number of nitrogens with one attached hydrogen (secondary N) is 2. The molecule has 2 rings (SSSR count). The van der Waals surface area contributed by atoms with Gasteiger partial charge in [0.05, 0.1) is 6.61 Å². The van der Waals surface area contributed by atoms with Crippen LogP contribution >= 0.6 is 12.4 Å². The monoisotopic (exact) mass is 345 g/mol. The highest BCUT2D eigenvalue weighted by Crippen LogP contribution is 2.11. The van der Waals surface area contributed by atoms with E-state index in [1.165, 1.54) is 12.1 Å². The van der Waals surface area contributed by atoms with Gasteiger partial charge in [-0.2, -0.15) is 0 Å². The van der Waals surface area contributed by atoms with Crippen molar-refractivity contribution in [2.24, 2.45) is 0 Å². The zero-order valence-corrected chi connectivity index (χ0v) is 14.0. The Hall–Kier alpha value is -1.37. The molecule has 1 aromatic rings. The molecule has 1 amide bonds. The number of rotatable bonds is 8. The van der Waals surface area contributed by atoms with Gasteiger partial charge in [-0.05, 0) is 30.7 Å². The van der Waals surface area contributed by atoms with Crippen LogP contribution < -0.4 is 15.4 Å². The Bertz CT molecular complexity index is 453. The van der Waals surface area contributed by atoms with Crippen LogP contribution in [-0.4, -0.2) is 56.7 Å². The van der Waals surface area contributed by atoms with Crippen molar-refractivity contribution in [2.45, 2.75) is 12.8 Å². The fraction of sp³-hybridized carbons (Fsp3) is 0.562. The predicted molar refractivity (Wildman–Crippen MR) is 90.7 cm³/mol. The number of halogens is 2. The van der Waals surface area contributed by atoms with Gasteiger partial charge in [-0.3, -0.25) is 9.69 Å². The lowest BCUT2D eigenvalue weighted by atomic mass is 10.3. The van der Waals surface area contributed by atoms with Crippen LogP contribution in [0.25, 0.3) is 0 Å². The first kappa shape index (κ1) is 19.7. The largest absolute Gasteiger partial charge is 0.494 e. The van der Waals surface area contributed by atoms with Gasteiger partial charge in [-0.15, -0.1) is 12.4 Å². The van der Waals surface area contributed by atoms with Gasteiger partial charge in [0, 0.05) is 45.7 Å². The van der Waals surface area contributed by atoms with Gasteiger partial charge in [0.25, 0.3) is 0 Å². The lowest BCUT2D eigenvalue weighted by molar-refractivity contribution is -0.121. The zero-order chi connectivity index (χ0) is 15.6. The molecular weight excluding hydrogens is 321 g/mol. The van der Waals surface area contributed by atoms with Crippen LogP contribution in [0.3, 0.4) is 0 Å². The Balaban J connectivity index is 0.00000264. The number of nitrogens with zero attached hydrogens (tertiary/aromatic N) is 1. The van der Waals surface area contributed by atoms with Crippen LogP contribution in [0.2, 0.25) is 0 Å². The molecule has 0 radical (unpaired) electrons. The van der Waals surface area contributed by atoms with E-state index in [-0.39, 0.29) is 24.1 Å². The molecule has 0 aromatic heterocycles. The number of carbonyl (C=O) groups excluding carboxylic acids is 1. The maximum atomic E-state index is 12.7. The SMILES string of the molecule is Cl.O=C(CCCOc1ccc(F)cc1)NCCN1CCNCC1. The van der Waals surface area contributed by atoms with Crippen molar-refractivity contribution in [3.8, 4) is 5.75 Å². The smallest absolute Gasteiger partial charge is 0.220 e. The second kappa shape index (κ2) is 11.2. The average molecular weight is 346 g/mol. The highest BCUT2D eigenvalue weighted by Gasteiger charge is 2.09. The predicted octanol–water partition coefficient (Wildman–Crippen LogP) is 1.43. The summed E-state index contributed by atoms with van der Waals surface area (Å²) >= 11 is 0. The molecule has 1 fully saturated rings. The normalized spacial score (nSPS) is 14.8. The topological polar surface area (TPSA) is 53.6 Å². The van der Waals surface area contributed by atoms with Crippen LogP contribution in [0.5, 0.6) is 5.75 Å². The molecule has 2 N–H and O–H groups in total. The Kier molecular flexibility index (Phi) is 9.59. The van der Waals surface area contributed by atoms with Gasteiger partial charge in [0.1, 0.15) is 11.6 Å². The summed E-state index contributed by atoms with van der Waals surface area (Å²) in [7, 11) is 0. The highest BCUT2D eigenvalue weighted by molar-refractivity contribution is 5.85. The Morgan fingerprint density at radius 2 is 1.96 bits per heavy atom. The summed E-state index contributed by atoms with van der Waals surface area (Å²) in [6, 6.07) is 5.89. The quantitative estimate of drug-likeness (QED) is 0.700. The minimum Gasteiger partial charge on any atom is -0.494 e. The third kappa shape index (κ3) is 8.16. The number of hydrogen-bond donors (Lipinski definition) is 2. The molecule has 1 heterocycles. The fourth-order valence-corrected chi connectivity index (χ4v) is 2.33. The summed E-state index contributed by atoms with van der Waals surface area (Å²) in [5, 5.41) is 6.23. The fourth-order valence-electron chi connectivity index (χ4n) is 2.33. The molecule has 7 heteroatoms. The van der Waals surface area contributed by atoms with E-state index in [9.17, 15) is 9.18 Å². The second-order valence-electron chi connectivity index (χ2n) is 5.35. The number of ether oxygens (including phenoxy) is 1. The van der Waals surface area contributed by atoms with E-state index in [1.807, 2.05) is 0 Å². The van der Waals surface area contributed by atoms with E-state index < -0.39 is 0 Å². The molecule has 0 spiro atoms. The summed E-state index contributed by atoms with van der Waals surface area (Å²) in [6.07, 6.45) is 1.10. The van der Waals surface area contributed by atoms with Crippen molar-refractivity contribution in [1.82, 2.24) is 15.5 Å². The Morgan fingerprint density at radius 1 is 1.26 bits per heavy atom. The molecule has 1 aromatic carbocycles. The lowest BCUT2D eigenvalue weighted by Crippen LogP contribution is -2.46. The first-order valence-corrected chi connectivity index (χ1v) is 7.82. The molecule has 23 heavy (non-hydrogen) atoms. The summed E-state index contributed by atoms with van der Waals surface area (Å²) in [6.45, 7) is 6.18. The summed E-state index contributed by atoms with van der Waals surface area (Å²) in [5.41, 5.74) is 0. The maximum Gasteiger partial charge on any atom is 0.220 e. The van der Waals surface area contributed by atoms with E-state index in [0.717, 1.165) is 32.7 Å². The van der Waals surface area contributed by atoms with E-state index >= 15 is 0 Å². The first-order valence-electron chi connectivity index (χ1n) is 7.82. The van der Waals surface area contributed by atoms with Gasteiger partial charge in [0.2, 0.25) is 5.91 Å². The van der Waals surface area contributed by atoms with Crippen molar-refractivity contribution in [1.29, 1.82) is 0 Å². The van der Waals surface area contributed by atoms with Gasteiger partial charge >= 0.3 is 0 Å². The van der Waals surface area contributed by atoms with Crippen LogP contribution in [0.1, 0.15) is 12.8 Å². The molecule has 1 aliphatic rings. The highest BCUT2D eigenvalue weighted by atomic mass is 35.5. The molecular formula is C16H25ClFN3O2. The molecule has 0 saturated carbocycles. The summed E-state index contributed by atoms with van der Waals surface area (Å²) < 4.78 is 18.2. The van der Waals surface area contributed by atoms with Gasteiger partial charge in [-0.25, -0.2) is 4.39 Å². The molecule has 0 atom stereocenters. The minimum absolute atomic E-state index is 0. The van der Waals surface area contributed by atoms with E-state index in [2.05, 4.69) is 15.5 Å². The number of amides is 1. The van der Waals surface area contributed by atoms with Crippen LogP contribution in [0.15, 0.2) is 24.3 Å². The third-order valence-electron chi connectivity index (χ3n) is 3.59. The van der Waals surface area contributed by atoms with Crippen molar-refractivity contribution in [3.05, 3.63) is 30.1 Å². The molecule has 0 bridgehead atoms. The molecule has 1 aliphatic heterocycles. The van der Waals surface area contributed by atoms with Crippen molar-refractivity contribution in [2.75, 3.05) is 45.9 Å². The number of piperazine rings is 1. The van der Waals surface area contributed by atoms with Gasteiger partial charge in [0.15, 0.2) is 0 Å². The molecule has 5 nitrogen and oxygen atoms in total. The van der Waals surface area contributed by atoms with Gasteiger partial charge < -0.3 is 15.4 Å². The first-order chi connectivity index (χ1) is 10.7. The summed E-state index contributed by atoms with van der Waals surface area (Å²) in [5.74, 6) is 0.398. The van der Waals surface area contributed by atoms with E-state index in [4.69, 9.17) is 4.74 Å². The molecule has 0 aliphatic carbocycles. The standard InChI is InChI=1S/C16H24FN3O2.ClH/c17-14-3-5-15(6-4-14)22-13-1-2-16(21)19-9-12-20-10-7-18-8-11-20;/h3-6,18H,1-2,7-13H2,(H,19,21);1H. The third-order valence-corrected chi connectivity index (χ3v) is 3.59. The number of carbonyl (C=O) groups is 1. The summed E-state index contributed by atoms with van der Waals surface area (Å²) in [4.78, 5) is 14.0. The second-order valence-corrected chi connectivity index (χ2v) is 5.35. The molecule has 0 unspecified atom stereocenters. The molecule has 1 saturated heterocycles. The Morgan fingerprint density at radius 3 is 2.65 bits per heavy atom. The van der Waals surface area contributed by atoms with Crippen LogP contribution in [-0.2, 0) is 4.79 Å². The Labute approximate surface area is 143 Å². The van der Waals surface area contributed by atoms with Gasteiger partial charge in [-0.1, -0.05) is 0 Å². The minimum atomic E-state index is -0.281.